The van der Waals surface area contributed by atoms with Crippen molar-refractivity contribution >= 4 is 29.0 Å². The Morgan fingerprint density at radius 2 is 1.81 bits per heavy atom. The molecule has 6 aromatic rings. The van der Waals surface area contributed by atoms with Gasteiger partial charge in [-0.2, -0.15) is 0 Å². The number of nitrogens with zero attached hydrogens (tertiary/aromatic N) is 4. The molecule has 0 radical (unpaired) electrons. The quantitative estimate of drug-likeness (QED) is 0.114. The van der Waals surface area contributed by atoms with Crippen LogP contribution in [-0.4, -0.2) is 41.5 Å². The second-order valence-electron chi connectivity index (χ2n) is 10.9. The average molecular weight is 637 g/mol. The van der Waals surface area contributed by atoms with Crippen LogP contribution in [0.5, 0.6) is 0 Å². The molecule has 17 nitrogen and oxygen atoms in total. The molecule has 7 N–H and O–H groups in total. The molecule has 1 atom stereocenters. The van der Waals surface area contributed by atoms with Crippen LogP contribution in [0.2, 0.25) is 0 Å². The van der Waals surface area contributed by atoms with E-state index < -0.39 is 34.1 Å². The van der Waals surface area contributed by atoms with Crippen molar-refractivity contribution in [3.05, 3.63) is 124 Å². The molecule has 1 aliphatic carbocycles. The summed E-state index contributed by atoms with van der Waals surface area (Å²) >= 11 is 0. The molecular weight excluding hydrogens is 612 g/mol. The van der Waals surface area contributed by atoms with Crippen molar-refractivity contribution in [2.45, 2.75) is 32.0 Å². The third-order valence-corrected chi connectivity index (χ3v) is 7.96. The predicted molar refractivity (Wildman–Crippen MR) is 165 cm³/mol. The number of nitrogens with one attached hydrogen (secondary N) is 5. The molecule has 236 valence electrons. The molecule has 2 amide bonds. The number of nitrogens with two attached hydrogens (primary N) is 1. The summed E-state index contributed by atoms with van der Waals surface area (Å²) in [5.41, 5.74) is 7.18. The summed E-state index contributed by atoms with van der Waals surface area (Å²) in [5, 5.41) is 18.4. The highest BCUT2D eigenvalue weighted by Crippen LogP contribution is 2.33. The molecule has 0 saturated carbocycles. The fourth-order valence-electron chi connectivity index (χ4n) is 5.60. The normalized spacial score (nSPS) is 13.9. The first-order chi connectivity index (χ1) is 22.7. The van der Waals surface area contributed by atoms with Crippen molar-refractivity contribution in [1.82, 2.24) is 40.4 Å². The number of rotatable bonds is 9. The van der Waals surface area contributed by atoms with Crippen LogP contribution >= 0.6 is 0 Å². The van der Waals surface area contributed by atoms with Crippen LogP contribution in [0.1, 0.15) is 55.7 Å². The Balaban J connectivity index is 1.06. The first-order valence-electron chi connectivity index (χ1n) is 14.3. The highest BCUT2D eigenvalue weighted by Gasteiger charge is 2.27. The van der Waals surface area contributed by atoms with Crippen LogP contribution in [-0.2, 0) is 19.5 Å². The maximum atomic E-state index is 13.4. The average Bonchev–Trinajstić information content (AvgIpc) is 3.81. The number of amides is 2. The number of hydrogen-bond donors (Lipinski definition) is 6. The van der Waals surface area contributed by atoms with Gasteiger partial charge >= 0.3 is 11.4 Å². The van der Waals surface area contributed by atoms with Crippen molar-refractivity contribution in [3.63, 3.8) is 0 Å². The van der Waals surface area contributed by atoms with E-state index in [2.05, 4.69) is 45.8 Å². The lowest BCUT2D eigenvalue weighted by Gasteiger charge is -2.15. The maximum absolute atomic E-state index is 13.4. The number of aromatic amines is 2. The highest BCUT2D eigenvalue weighted by atomic mass is 16.5. The highest BCUT2D eigenvalue weighted by molar-refractivity contribution is 5.98. The van der Waals surface area contributed by atoms with Crippen molar-refractivity contribution in [1.29, 1.82) is 0 Å². The smallest absolute Gasteiger partial charge is 0.394 e. The van der Waals surface area contributed by atoms with E-state index in [4.69, 9.17) is 5.73 Å². The molecular formula is C30H24N10O7. The molecule has 3 aromatic heterocycles. The zero-order chi connectivity index (χ0) is 32.8. The van der Waals surface area contributed by atoms with Crippen LogP contribution in [0.3, 0.4) is 0 Å². The number of H-pyrrole nitrogens is 2. The fraction of sp³-hybridized carbons (Fsp3) is 0.167. The van der Waals surface area contributed by atoms with Gasteiger partial charge in [0, 0.05) is 18.7 Å². The van der Waals surface area contributed by atoms with E-state index in [9.17, 15) is 28.8 Å². The van der Waals surface area contributed by atoms with E-state index in [1.807, 2.05) is 12.1 Å². The number of carbonyl (C=O) groups excluding carboxylic acids is 2. The van der Waals surface area contributed by atoms with E-state index in [1.54, 1.807) is 30.3 Å². The summed E-state index contributed by atoms with van der Waals surface area (Å²) in [4.78, 5) is 80.3. The molecule has 0 aliphatic heterocycles. The van der Waals surface area contributed by atoms with E-state index >= 15 is 0 Å². The molecule has 1 aliphatic rings. The van der Waals surface area contributed by atoms with Gasteiger partial charge in [0.1, 0.15) is 22.8 Å². The number of nitrogen functional groups attached to an aromatic ring is 1. The molecule has 47 heavy (non-hydrogen) atoms. The largest absolute Gasteiger partial charge is 0.439 e. The number of aryl methyl sites for hydroxylation is 1. The third-order valence-electron chi connectivity index (χ3n) is 7.96. The molecule has 0 fully saturated rings. The van der Waals surface area contributed by atoms with Crippen molar-refractivity contribution < 1.29 is 14.1 Å². The Bertz CT molecular complexity index is 2410. The van der Waals surface area contributed by atoms with Crippen molar-refractivity contribution in [2.75, 3.05) is 11.1 Å². The number of anilines is 2. The van der Waals surface area contributed by atoms with E-state index in [1.165, 1.54) is 6.07 Å². The van der Waals surface area contributed by atoms with E-state index in [-0.39, 0.29) is 47.7 Å². The van der Waals surface area contributed by atoms with Crippen LogP contribution in [0.15, 0.2) is 72.2 Å². The lowest BCUT2D eigenvalue weighted by Crippen LogP contribution is -2.36. The molecule has 3 heterocycles. The summed E-state index contributed by atoms with van der Waals surface area (Å²) in [6.45, 7) is 0.287. The molecule has 0 saturated heterocycles. The Morgan fingerprint density at radius 3 is 2.57 bits per heavy atom. The Kier molecular flexibility index (Phi) is 7.03. The van der Waals surface area contributed by atoms with Crippen LogP contribution in [0.25, 0.3) is 17.2 Å². The Hall–Kier alpha value is -6.65. The second kappa shape index (κ2) is 11.4. The minimum absolute atomic E-state index is 0.0654. The molecule has 0 bridgehead atoms. The van der Waals surface area contributed by atoms with Crippen LogP contribution in [0, 0.1) is 0 Å². The van der Waals surface area contributed by atoms with Gasteiger partial charge in [-0.05, 0) is 47.2 Å². The lowest BCUT2D eigenvalue weighted by molar-refractivity contribution is 0.0931. The number of benzene rings is 2. The first-order valence-corrected chi connectivity index (χ1v) is 14.3. The van der Waals surface area contributed by atoms with E-state index in [0.717, 1.165) is 21.1 Å². The maximum Gasteiger partial charge on any atom is 0.439 e. The zero-order valence-electron chi connectivity index (χ0n) is 24.2. The van der Waals surface area contributed by atoms with Gasteiger partial charge in [0.25, 0.3) is 28.4 Å². The lowest BCUT2D eigenvalue weighted by atomic mass is 10.0. The van der Waals surface area contributed by atoms with Crippen LogP contribution in [0.4, 0.5) is 11.4 Å². The van der Waals surface area contributed by atoms with Gasteiger partial charge in [0.15, 0.2) is 5.82 Å². The summed E-state index contributed by atoms with van der Waals surface area (Å²) in [7, 11) is 0. The van der Waals surface area contributed by atoms with Gasteiger partial charge in [-0.3, -0.25) is 28.7 Å². The number of fused-ring (bicyclic) bond motifs is 2. The molecule has 0 unspecified atom stereocenters. The molecule has 3 aromatic carbocycles. The number of aromatic nitrogens is 6. The SMILES string of the molecule is Nc1c(NCc2cccc(CNC(=O)c3cc(C(=O)N[C@H]4CCc5cc(-c6noc(=O)[nH]6)ccc54)nc4n[nH]c(=O)n34)c2)c(=O)c1=O. The minimum Gasteiger partial charge on any atom is -0.394 e. The second-order valence-corrected chi connectivity index (χ2v) is 10.9. The summed E-state index contributed by atoms with van der Waals surface area (Å²) in [6.07, 6.45) is 1.26. The zero-order valence-corrected chi connectivity index (χ0v) is 24.2. The summed E-state index contributed by atoms with van der Waals surface area (Å²) in [5.74, 6) is -1.73. The summed E-state index contributed by atoms with van der Waals surface area (Å²) < 4.78 is 5.56. The van der Waals surface area contributed by atoms with Gasteiger partial charge in [-0.1, -0.05) is 41.6 Å². The summed E-state index contributed by atoms with van der Waals surface area (Å²) in [6, 6.07) is 13.5. The van der Waals surface area contributed by atoms with Gasteiger partial charge < -0.3 is 21.7 Å². The predicted octanol–water partition coefficient (Wildman–Crippen LogP) is -0.102. The van der Waals surface area contributed by atoms with Crippen molar-refractivity contribution in [2.24, 2.45) is 0 Å². The van der Waals surface area contributed by atoms with Gasteiger partial charge in [0.05, 0.1) is 6.04 Å². The van der Waals surface area contributed by atoms with Gasteiger partial charge in [-0.15, -0.1) is 5.10 Å². The monoisotopic (exact) mass is 636 g/mol. The molecule has 17 heteroatoms. The fourth-order valence-corrected chi connectivity index (χ4v) is 5.60. The van der Waals surface area contributed by atoms with Crippen LogP contribution < -0.4 is 44.0 Å². The molecule has 0 spiro atoms. The first kappa shape index (κ1) is 29.1. The van der Waals surface area contributed by atoms with Gasteiger partial charge in [-0.25, -0.2) is 24.1 Å². The third kappa shape index (κ3) is 5.34. The number of carbonyl (C=O) groups is 2. The topological polar surface area (TPSA) is 252 Å². The van der Waals surface area contributed by atoms with E-state index in [0.29, 0.717) is 29.8 Å². The number of hydrogen-bond acceptors (Lipinski definition) is 12. The standard InChI is InChI=1S/C30H24N10O7/c31-21-22(24(42)23(21)41)32-11-13-2-1-3-14(8-13)12-33-27(44)20-10-19(35-28-37-38-29(45)40(20)28)26(43)34-18-7-5-15-9-16(4-6-17(15)18)25-36-30(46)47-39-25/h1-4,6,8-10,18,32H,5,7,11-12,31H2,(H,33,44)(H,34,43)(H,38,45)(H,36,39,46)/t18-/m0/s1. The van der Waals surface area contributed by atoms with Crippen molar-refractivity contribution in [3.8, 4) is 11.4 Å². The van der Waals surface area contributed by atoms with Gasteiger partial charge in [0.2, 0.25) is 0 Å². The Labute approximate surface area is 261 Å². The minimum atomic E-state index is -0.714. The Morgan fingerprint density at radius 1 is 1.00 bits per heavy atom. The molecule has 7 rings (SSSR count).